The Hall–Kier alpha value is -1.89. The Labute approximate surface area is 95.4 Å². The Balaban J connectivity index is 2.51. The minimum atomic E-state index is -1.07. The van der Waals surface area contributed by atoms with Gasteiger partial charge in [0.1, 0.15) is 4.88 Å². The second-order valence-electron chi connectivity index (χ2n) is 2.88. The van der Waals surface area contributed by atoms with E-state index in [0.29, 0.717) is 4.88 Å². The first-order valence-corrected chi connectivity index (χ1v) is 5.23. The summed E-state index contributed by atoms with van der Waals surface area (Å²) in [5, 5.41) is 3.53. The molecule has 3 amide bonds. The number of urea groups is 1. The number of carbonyl (C=O) groups is 3. The number of amides is 3. The topological polar surface area (TPSA) is 98.5 Å². The number of rotatable bonds is 3. The fraction of sp³-hybridized carbons (Fsp3) is 0.222. The maximum atomic E-state index is 11.4. The lowest BCUT2D eigenvalue weighted by molar-refractivity contribution is -0.127. The highest BCUT2D eigenvalue weighted by Gasteiger charge is 2.20. The van der Waals surface area contributed by atoms with Crippen molar-refractivity contribution in [1.29, 1.82) is 0 Å². The molecule has 1 atom stereocenters. The maximum Gasteiger partial charge on any atom is 0.349 e. The summed E-state index contributed by atoms with van der Waals surface area (Å²) in [5.74, 6) is -1.36. The number of carbonyl (C=O) groups excluding carboxylic acids is 3. The monoisotopic (exact) mass is 242 g/mol. The number of ether oxygens (including phenoxy) is 1. The molecule has 0 saturated heterocycles. The molecule has 3 N–H and O–H groups in total. The summed E-state index contributed by atoms with van der Waals surface area (Å²) in [4.78, 5) is 33.3. The smallest absolute Gasteiger partial charge is 0.349 e. The van der Waals surface area contributed by atoms with Gasteiger partial charge in [-0.2, -0.15) is 0 Å². The molecule has 1 rings (SSSR count). The highest BCUT2D eigenvalue weighted by atomic mass is 32.1. The molecular formula is C9H10N2O4S. The minimum absolute atomic E-state index is 0.388. The Morgan fingerprint density at radius 3 is 2.69 bits per heavy atom. The lowest BCUT2D eigenvalue weighted by Crippen LogP contribution is -2.42. The van der Waals surface area contributed by atoms with Crippen molar-refractivity contribution in [2.45, 2.75) is 13.0 Å². The molecule has 6 nitrogen and oxygen atoms in total. The standard InChI is InChI=1S/C9H10N2O4S/c1-5(7(12)11-9(10)14)15-8(13)6-3-2-4-16-6/h2-5H,1H3,(H3,10,11,12,14)/t5-/m0/s1. The lowest BCUT2D eigenvalue weighted by atomic mass is 10.3. The molecule has 86 valence electrons. The van der Waals surface area contributed by atoms with Gasteiger partial charge in [0, 0.05) is 0 Å². The van der Waals surface area contributed by atoms with Gasteiger partial charge in [-0.25, -0.2) is 9.59 Å². The van der Waals surface area contributed by atoms with Crippen LogP contribution in [-0.4, -0.2) is 24.0 Å². The van der Waals surface area contributed by atoms with Crippen molar-refractivity contribution in [3.8, 4) is 0 Å². The Morgan fingerprint density at radius 2 is 2.19 bits per heavy atom. The summed E-state index contributed by atoms with van der Waals surface area (Å²) in [7, 11) is 0. The van der Waals surface area contributed by atoms with Gasteiger partial charge in [0.25, 0.3) is 5.91 Å². The quantitative estimate of drug-likeness (QED) is 0.753. The van der Waals surface area contributed by atoms with Crippen LogP contribution in [0.3, 0.4) is 0 Å². The highest BCUT2D eigenvalue weighted by molar-refractivity contribution is 7.11. The molecule has 0 aliphatic rings. The number of nitrogens with two attached hydrogens (primary N) is 1. The molecule has 1 aromatic heterocycles. The highest BCUT2D eigenvalue weighted by Crippen LogP contribution is 2.11. The first kappa shape index (κ1) is 12.2. The molecule has 0 aliphatic heterocycles. The predicted molar refractivity (Wildman–Crippen MR) is 56.9 cm³/mol. The van der Waals surface area contributed by atoms with Crippen LogP contribution < -0.4 is 11.1 Å². The molecule has 7 heteroatoms. The molecule has 0 bridgehead atoms. The van der Waals surface area contributed by atoms with Gasteiger partial charge >= 0.3 is 12.0 Å². The second kappa shape index (κ2) is 5.26. The van der Waals surface area contributed by atoms with Gasteiger partial charge in [-0.15, -0.1) is 11.3 Å². The molecule has 0 aliphatic carbocycles. The SMILES string of the molecule is C[C@H](OC(=O)c1cccs1)C(=O)NC(N)=O. The second-order valence-corrected chi connectivity index (χ2v) is 3.83. The lowest BCUT2D eigenvalue weighted by Gasteiger charge is -2.10. The van der Waals surface area contributed by atoms with Crippen molar-refractivity contribution >= 4 is 29.2 Å². The van der Waals surface area contributed by atoms with Gasteiger partial charge in [-0.1, -0.05) is 6.07 Å². The largest absolute Gasteiger partial charge is 0.448 e. The molecule has 0 saturated carbocycles. The van der Waals surface area contributed by atoms with Crippen LogP contribution in [0.15, 0.2) is 17.5 Å². The van der Waals surface area contributed by atoms with Crippen molar-refractivity contribution in [2.75, 3.05) is 0 Å². The van der Waals surface area contributed by atoms with E-state index in [0.717, 1.165) is 0 Å². The van der Waals surface area contributed by atoms with Gasteiger partial charge in [-0.05, 0) is 18.4 Å². The number of thiophene rings is 1. The van der Waals surface area contributed by atoms with Crippen LogP contribution >= 0.6 is 11.3 Å². The number of hydrogen-bond donors (Lipinski definition) is 2. The summed E-state index contributed by atoms with van der Waals surface area (Å²) < 4.78 is 4.81. The van der Waals surface area contributed by atoms with E-state index in [2.05, 4.69) is 0 Å². The normalized spacial score (nSPS) is 11.6. The van der Waals surface area contributed by atoms with Crippen molar-refractivity contribution < 1.29 is 19.1 Å². The van der Waals surface area contributed by atoms with E-state index in [-0.39, 0.29) is 0 Å². The Morgan fingerprint density at radius 1 is 1.50 bits per heavy atom. The minimum Gasteiger partial charge on any atom is -0.448 e. The Bertz CT molecular complexity index is 402. The Kier molecular flexibility index (Phi) is 4.01. The zero-order valence-electron chi connectivity index (χ0n) is 8.43. The molecule has 16 heavy (non-hydrogen) atoms. The molecule has 0 aromatic carbocycles. The van der Waals surface area contributed by atoms with E-state index in [1.54, 1.807) is 17.5 Å². The molecule has 0 spiro atoms. The van der Waals surface area contributed by atoms with Gasteiger partial charge in [0.05, 0.1) is 0 Å². The van der Waals surface area contributed by atoms with Crippen molar-refractivity contribution in [3.05, 3.63) is 22.4 Å². The van der Waals surface area contributed by atoms with Crippen LogP contribution in [0.2, 0.25) is 0 Å². The van der Waals surface area contributed by atoms with E-state index >= 15 is 0 Å². The molecule has 1 heterocycles. The summed E-state index contributed by atoms with van der Waals surface area (Å²) in [5.41, 5.74) is 4.75. The van der Waals surface area contributed by atoms with E-state index < -0.39 is 24.0 Å². The number of imide groups is 1. The van der Waals surface area contributed by atoms with Crippen LogP contribution in [-0.2, 0) is 9.53 Å². The van der Waals surface area contributed by atoms with Crippen LogP contribution in [0.5, 0.6) is 0 Å². The number of hydrogen-bond acceptors (Lipinski definition) is 5. The van der Waals surface area contributed by atoms with Crippen LogP contribution in [0, 0.1) is 0 Å². The summed E-state index contributed by atoms with van der Waals surface area (Å²) >= 11 is 1.20. The number of esters is 1. The van der Waals surface area contributed by atoms with E-state index in [4.69, 9.17) is 10.5 Å². The zero-order valence-corrected chi connectivity index (χ0v) is 9.24. The molecular weight excluding hydrogens is 232 g/mol. The third-order valence-electron chi connectivity index (χ3n) is 1.62. The van der Waals surface area contributed by atoms with Crippen molar-refractivity contribution in [3.63, 3.8) is 0 Å². The molecule has 0 unspecified atom stereocenters. The molecule has 0 radical (unpaired) electrons. The van der Waals surface area contributed by atoms with E-state index in [1.807, 2.05) is 5.32 Å². The van der Waals surface area contributed by atoms with Crippen LogP contribution in [0.1, 0.15) is 16.6 Å². The zero-order chi connectivity index (χ0) is 12.1. The molecule has 1 aromatic rings. The molecule has 0 fully saturated rings. The van der Waals surface area contributed by atoms with Crippen molar-refractivity contribution in [2.24, 2.45) is 5.73 Å². The summed E-state index contributed by atoms with van der Waals surface area (Å²) in [6.45, 7) is 1.35. The number of nitrogens with one attached hydrogen (secondary N) is 1. The average molecular weight is 242 g/mol. The third kappa shape index (κ3) is 3.35. The fourth-order valence-corrected chi connectivity index (χ4v) is 1.50. The first-order valence-electron chi connectivity index (χ1n) is 4.35. The van der Waals surface area contributed by atoms with Crippen LogP contribution in [0.25, 0.3) is 0 Å². The van der Waals surface area contributed by atoms with E-state index in [9.17, 15) is 14.4 Å². The number of primary amides is 1. The van der Waals surface area contributed by atoms with Gasteiger partial charge in [0.2, 0.25) is 0 Å². The maximum absolute atomic E-state index is 11.4. The van der Waals surface area contributed by atoms with Gasteiger partial charge in [0.15, 0.2) is 6.10 Å². The third-order valence-corrected chi connectivity index (χ3v) is 2.47. The van der Waals surface area contributed by atoms with E-state index in [1.165, 1.54) is 18.3 Å². The van der Waals surface area contributed by atoms with Crippen LogP contribution in [0.4, 0.5) is 4.79 Å². The summed E-state index contributed by atoms with van der Waals surface area (Å²) in [6, 6.07) is 2.28. The fourth-order valence-electron chi connectivity index (χ4n) is 0.890. The van der Waals surface area contributed by atoms with Gasteiger partial charge < -0.3 is 10.5 Å². The summed E-state index contributed by atoms with van der Waals surface area (Å²) in [6.07, 6.45) is -1.07. The van der Waals surface area contributed by atoms with Crippen molar-refractivity contribution in [1.82, 2.24) is 5.32 Å². The van der Waals surface area contributed by atoms with Gasteiger partial charge in [-0.3, -0.25) is 10.1 Å². The first-order chi connectivity index (χ1) is 7.50. The average Bonchev–Trinajstić information content (AvgIpc) is 2.68. The predicted octanol–water partition coefficient (Wildman–Crippen LogP) is 0.488.